The van der Waals surface area contributed by atoms with Gasteiger partial charge >= 0.3 is 0 Å². The topological polar surface area (TPSA) is 38.3 Å². The van der Waals surface area contributed by atoms with Crippen molar-refractivity contribution in [1.82, 2.24) is 0 Å². The number of carbonyl (C=O) groups excluding carboxylic acids is 1. The van der Waals surface area contributed by atoms with Crippen LogP contribution in [0.25, 0.3) is 0 Å². The molecule has 1 aliphatic heterocycles. The molecule has 3 rings (SSSR count). The highest BCUT2D eigenvalue weighted by Gasteiger charge is 2.27. The molecule has 0 aromatic heterocycles. The van der Waals surface area contributed by atoms with Gasteiger partial charge in [-0.1, -0.05) is 24.3 Å². The third-order valence-corrected chi connectivity index (χ3v) is 3.52. The van der Waals surface area contributed by atoms with Gasteiger partial charge < -0.3 is 10.1 Å². The summed E-state index contributed by atoms with van der Waals surface area (Å²) in [4.78, 5) is 12.5. The molecule has 96 valence electrons. The number of anilines is 1. The summed E-state index contributed by atoms with van der Waals surface area (Å²) in [5.74, 6) is 0.862. The lowest BCUT2D eigenvalue weighted by atomic mass is 9.87. The first-order valence-electron chi connectivity index (χ1n) is 6.30. The van der Waals surface area contributed by atoms with Crippen LogP contribution in [0.1, 0.15) is 21.8 Å². The number of hydrogen-bond donors (Lipinski definition) is 1. The summed E-state index contributed by atoms with van der Waals surface area (Å²) in [6.07, 6.45) is 0. The largest absolute Gasteiger partial charge is 0.497 e. The smallest absolute Gasteiger partial charge is 0.174 e. The fourth-order valence-corrected chi connectivity index (χ4v) is 2.45. The summed E-state index contributed by atoms with van der Waals surface area (Å²) in [7, 11) is 1.64. The Morgan fingerprint density at radius 1 is 1.11 bits per heavy atom. The highest BCUT2D eigenvalue weighted by Crippen LogP contribution is 2.30. The van der Waals surface area contributed by atoms with Crippen LogP contribution in [0.5, 0.6) is 5.75 Å². The zero-order valence-electron chi connectivity index (χ0n) is 10.7. The van der Waals surface area contributed by atoms with Crippen LogP contribution in [0.15, 0.2) is 48.5 Å². The molecule has 3 nitrogen and oxygen atoms in total. The second kappa shape index (κ2) is 4.76. The minimum Gasteiger partial charge on any atom is -0.497 e. The van der Waals surface area contributed by atoms with Gasteiger partial charge in [0.25, 0.3) is 0 Å². The van der Waals surface area contributed by atoms with Crippen molar-refractivity contribution in [2.24, 2.45) is 0 Å². The number of rotatable bonds is 2. The highest BCUT2D eigenvalue weighted by molar-refractivity contribution is 6.07. The molecule has 0 amide bonds. The molecule has 0 bridgehead atoms. The van der Waals surface area contributed by atoms with Gasteiger partial charge in [0, 0.05) is 17.8 Å². The number of hydrogen-bond acceptors (Lipinski definition) is 3. The van der Waals surface area contributed by atoms with Gasteiger partial charge in [-0.2, -0.15) is 0 Å². The van der Waals surface area contributed by atoms with E-state index >= 15 is 0 Å². The molecule has 0 spiro atoms. The highest BCUT2D eigenvalue weighted by atomic mass is 16.5. The molecule has 19 heavy (non-hydrogen) atoms. The van der Waals surface area contributed by atoms with Crippen LogP contribution in [-0.4, -0.2) is 19.4 Å². The zero-order chi connectivity index (χ0) is 13.2. The number of carbonyl (C=O) groups is 1. The number of methoxy groups -OCH3 is 1. The molecule has 1 aliphatic rings. The lowest BCUT2D eigenvalue weighted by Crippen LogP contribution is -2.27. The minimum atomic E-state index is -0.124. The Morgan fingerprint density at radius 3 is 2.58 bits per heavy atom. The molecule has 1 atom stereocenters. The Bertz CT molecular complexity index is 604. The van der Waals surface area contributed by atoms with Crippen molar-refractivity contribution in [3.63, 3.8) is 0 Å². The van der Waals surface area contributed by atoms with E-state index in [9.17, 15) is 4.79 Å². The van der Waals surface area contributed by atoms with Crippen molar-refractivity contribution >= 4 is 11.5 Å². The molecular weight excluding hydrogens is 238 g/mol. The van der Waals surface area contributed by atoms with Crippen LogP contribution in [0.4, 0.5) is 5.69 Å². The Balaban J connectivity index is 1.93. The van der Waals surface area contributed by atoms with Crippen LogP contribution in [0, 0.1) is 0 Å². The Hall–Kier alpha value is -2.29. The second-order valence-electron chi connectivity index (χ2n) is 4.62. The molecule has 1 heterocycles. The van der Waals surface area contributed by atoms with Crippen molar-refractivity contribution in [1.29, 1.82) is 0 Å². The van der Waals surface area contributed by atoms with Gasteiger partial charge in [0.15, 0.2) is 5.78 Å². The SMILES string of the molecule is COc1ccc(C2CNc3ccccc3C2=O)cc1. The summed E-state index contributed by atoms with van der Waals surface area (Å²) in [6.45, 7) is 0.641. The number of ether oxygens (including phenoxy) is 1. The third-order valence-electron chi connectivity index (χ3n) is 3.52. The third kappa shape index (κ3) is 2.08. The van der Waals surface area contributed by atoms with Crippen molar-refractivity contribution in [2.45, 2.75) is 5.92 Å². The van der Waals surface area contributed by atoms with Gasteiger partial charge in [-0.05, 0) is 29.8 Å². The van der Waals surface area contributed by atoms with E-state index in [4.69, 9.17) is 4.74 Å². The summed E-state index contributed by atoms with van der Waals surface area (Å²) in [6, 6.07) is 15.3. The molecule has 3 heteroatoms. The molecule has 0 radical (unpaired) electrons. The fraction of sp³-hybridized carbons (Fsp3) is 0.188. The molecule has 1 unspecified atom stereocenters. The first-order valence-corrected chi connectivity index (χ1v) is 6.30. The van der Waals surface area contributed by atoms with Crippen LogP contribution >= 0.6 is 0 Å². The average Bonchev–Trinajstić information content (AvgIpc) is 2.48. The summed E-state index contributed by atoms with van der Waals surface area (Å²) >= 11 is 0. The van der Waals surface area contributed by atoms with Crippen LogP contribution in [0.3, 0.4) is 0 Å². The van der Waals surface area contributed by atoms with E-state index in [0.717, 1.165) is 22.6 Å². The lowest BCUT2D eigenvalue weighted by Gasteiger charge is -2.25. The maximum Gasteiger partial charge on any atom is 0.174 e. The van der Waals surface area contributed by atoms with E-state index in [0.29, 0.717) is 6.54 Å². The number of Topliss-reactive ketones (excluding diaryl/α,β-unsaturated/α-hetero) is 1. The first kappa shape index (κ1) is 11.8. The molecule has 0 aliphatic carbocycles. The summed E-state index contributed by atoms with van der Waals surface area (Å²) in [5.41, 5.74) is 2.72. The number of ketones is 1. The van der Waals surface area contributed by atoms with E-state index in [1.54, 1.807) is 7.11 Å². The van der Waals surface area contributed by atoms with E-state index in [1.165, 1.54) is 0 Å². The zero-order valence-corrected chi connectivity index (χ0v) is 10.7. The minimum absolute atomic E-state index is 0.124. The fourth-order valence-electron chi connectivity index (χ4n) is 2.45. The molecular formula is C16H15NO2. The Labute approximate surface area is 112 Å². The number of para-hydroxylation sites is 1. The monoisotopic (exact) mass is 253 g/mol. The first-order chi connectivity index (χ1) is 9.29. The van der Waals surface area contributed by atoms with Crippen LogP contribution in [0.2, 0.25) is 0 Å². The van der Waals surface area contributed by atoms with Gasteiger partial charge in [0.2, 0.25) is 0 Å². The van der Waals surface area contributed by atoms with Gasteiger partial charge in [-0.3, -0.25) is 4.79 Å². The van der Waals surface area contributed by atoms with Crippen LogP contribution in [-0.2, 0) is 0 Å². The van der Waals surface area contributed by atoms with Crippen molar-refractivity contribution in [3.8, 4) is 5.75 Å². The predicted octanol–water partition coefficient (Wildman–Crippen LogP) is 3.09. The Kier molecular flexibility index (Phi) is 2.95. The molecule has 2 aromatic carbocycles. The summed E-state index contributed by atoms with van der Waals surface area (Å²) in [5, 5.41) is 3.32. The normalized spacial score (nSPS) is 17.5. The lowest BCUT2D eigenvalue weighted by molar-refractivity contribution is 0.0960. The number of fused-ring (bicyclic) bond motifs is 1. The standard InChI is InChI=1S/C16H15NO2/c1-19-12-8-6-11(7-9-12)14-10-17-15-5-3-2-4-13(15)16(14)18/h2-9,14,17H,10H2,1H3. The van der Waals surface area contributed by atoms with Gasteiger partial charge in [0.1, 0.15) is 5.75 Å². The quantitative estimate of drug-likeness (QED) is 0.893. The molecule has 1 N–H and O–H groups in total. The van der Waals surface area contributed by atoms with Gasteiger partial charge in [-0.15, -0.1) is 0 Å². The molecule has 0 saturated carbocycles. The predicted molar refractivity (Wildman–Crippen MR) is 75.0 cm³/mol. The summed E-state index contributed by atoms with van der Waals surface area (Å²) < 4.78 is 5.14. The second-order valence-corrected chi connectivity index (χ2v) is 4.62. The Morgan fingerprint density at radius 2 is 1.84 bits per heavy atom. The van der Waals surface area contributed by atoms with E-state index in [-0.39, 0.29) is 11.7 Å². The van der Waals surface area contributed by atoms with Crippen molar-refractivity contribution in [3.05, 3.63) is 59.7 Å². The number of benzene rings is 2. The van der Waals surface area contributed by atoms with Crippen molar-refractivity contribution in [2.75, 3.05) is 19.0 Å². The van der Waals surface area contributed by atoms with Gasteiger partial charge in [-0.25, -0.2) is 0 Å². The molecule has 0 fully saturated rings. The molecule has 2 aromatic rings. The molecule has 0 saturated heterocycles. The maximum atomic E-state index is 12.5. The average molecular weight is 253 g/mol. The van der Waals surface area contributed by atoms with E-state index in [2.05, 4.69) is 5.32 Å². The van der Waals surface area contributed by atoms with E-state index in [1.807, 2.05) is 48.5 Å². The van der Waals surface area contributed by atoms with Gasteiger partial charge in [0.05, 0.1) is 13.0 Å². The maximum absolute atomic E-state index is 12.5. The van der Waals surface area contributed by atoms with Crippen LogP contribution < -0.4 is 10.1 Å². The number of nitrogens with one attached hydrogen (secondary N) is 1. The van der Waals surface area contributed by atoms with Crippen molar-refractivity contribution < 1.29 is 9.53 Å². The van der Waals surface area contributed by atoms with E-state index < -0.39 is 0 Å².